The van der Waals surface area contributed by atoms with Crippen LogP contribution in [0.3, 0.4) is 0 Å². The van der Waals surface area contributed by atoms with Crippen molar-refractivity contribution >= 4 is 22.6 Å². The Morgan fingerprint density at radius 1 is 1.06 bits per heavy atom. The number of hydrogen-bond acceptors (Lipinski definition) is 3. The molecular formula is C13H9IN4. The molecule has 0 unspecified atom stereocenters. The maximum Gasteiger partial charge on any atom is 0.181 e. The van der Waals surface area contributed by atoms with Gasteiger partial charge in [0.05, 0.1) is 0 Å². The summed E-state index contributed by atoms with van der Waals surface area (Å²) in [4.78, 5) is 8.70. The third-order valence-corrected chi connectivity index (χ3v) is 3.15. The van der Waals surface area contributed by atoms with Crippen molar-refractivity contribution in [2.75, 3.05) is 0 Å². The van der Waals surface area contributed by atoms with Crippen LogP contribution < -0.4 is 0 Å². The summed E-state index contributed by atoms with van der Waals surface area (Å²) in [5, 5.41) is 7.14. The summed E-state index contributed by atoms with van der Waals surface area (Å²) in [6, 6.07) is 13.8. The maximum atomic E-state index is 4.46. The van der Waals surface area contributed by atoms with Crippen LogP contribution in [0, 0.1) is 3.57 Å². The Labute approximate surface area is 118 Å². The standard InChI is InChI=1S/C13H9IN4/c14-10-5-3-4-9(8-10)12-16-13(18-17-12)11-6-1-2-7-15-11/h1-8H,(H,16,17,18). The quantitative estimate of drug-likeness (QED) is 0.724. The number of aromatic amines is 1. The molecule has 2 heterocycles. The van der Waals surface area contributed by atoms with Gasteiger partial charge in [-0.05, 0) is 46.9 Å². The smallest absolute Gasteiger partial charge is 0.181 e. The van der Waals surface area contributed by atoms with E-state index >= 15 is 0 Å². The normalized spacial score (nSPS) is 10.5. The van der Waals surface area contributed by atoms with Crippen LogP contribution in [0.2, 0.25) is 0 Å². The number of pyridine rings is 1. The van der Waals surface area contributed by atoms with Crippen LogP contribution in [0.1, 0.15) is 0 Å². The molecular weight excluding hydrogens is 339 g/mol. The number of nitrogens with one attached hydrogen (secondary N) is 1. The number of nitrogens with zero attached hydrogens (tertiary/aromatic N) is 3. The monoisotopic (exact) mass is 348 g/mol. The Bertz CT molecular complexity index is 664. The summed E-state index contributed by atoms with van der Waals surface area (Å²) in [5.74, 6) is 1.37. The van der Waals surface area contributed by atoms with Crippen LogP contribution in [-0.4, -0.2) is 20.2 Å². The summed E-state index contributed by atoms with van der Waals surface area (Å²) < 4.78 is 1.16. The Balaban J connectivity index is 2.00. The van der Waals surface area contributed by atoms with Crippen LogP contribution in [0.4, 0.5) is 0 Å². The van der Waals surface area contributed by atoms with Crippen molar-refractivity contribution in [3.05, 3.63) is 52.2 Å². The van der Waals surface area contributed by atoms with Crippen LogP contribution in [-0.2, 0) is 0 Å². The molecule has 0 spiro atoms. The number of halogens is 1. The molecule has 4 nitrogen and oxygen atoms in total. The zero-order valence-electron chi connectivity index (χ0n) is 9.34. The second kappa shape index (κ2) is 4.85. The number of H-pyrrole nitrogens is 1. The lowest BCUT2D eigenvalue weighted by atomic mass is 10.2. The summed E-state index contributed by atoms with van der Waals surface area (Å²) >= 11 is 2.27. The van der Waals surface area contributed by atoms with Gasteiger partial charge in [0, 0.05) is 15.3 Å². The van der Waals surface area contributed by atoms with Gasteiger partial charge in [-0.15, -0.1) is 0 Å². The van der Waals surface area contributed by atoms with Crippen LogP contribution in [0.5, 0.6) is 0 Å². The van der Waals surface area contributed by atoms with Crippen molar-refractivity contribution in [2.45, 2.75) is 0 Å². The fourth-order valence-electron chi connectivity index (χ4n) is 1.64. The van der Waals surface area contributed by atoms with Gasteiger partial charge >= 0.3 is 0 Å². The molecule has 2 aromatic heterocycles. The van der Waals surface area contributed by atoms with Crippen molar-refractivity contribution in [1.82, 2.24) is 20.2 Å². The number of aromatic nitrogens is 4. The van der Waals surface area contributed by atoms with E-state index in [0.717, 1.165) is 14.8 Å². The highest BCUT2D eigenvalue weighted by atomic mass is 127. The molecule has 3 rings (SSSR count). The highest BCUT2D eigenvalue weighted by molar-refractivity contribution is 14.1. The van der Waals surface area contributed by atoms with Crippen LogP contribution in [0.15, 0.2) is 48.7 Å². The minimum Gasteiger partial charge on any atom is -0.257 e. The zero-order valence-corrected chi connectivity index (χ0v) is 11.5. The lowest BCUT2D eigenvalue weighted by molar-refractivity contribution is 1.09. The third-order valence-electron chi connectivity index (χ3n) is 2.48. The molecule has 5 heteroatoms. The van der Waals surface area contributed by atoms with Gasteiger partial charge < -0.3 is 0 Å². The summed E-state index contributed by atoms with van der Waals surface area (Å²) in [6.45, 7) is 0. The molecule has 0 amide bonds. The minimum atomic E-state index is 0.685. The summed E-state index contributed by atoms with van der Waals surface area (Å²) in [5.41, 5.74) is 1.79. The molecule has 0 saturated carbocycles. The van der Waals surface area contributed by atoms with Gasteiger partial charge in [0.1, 0.15) is 5.69 Å². The van der Waals surface area contributed by atoms with Crippen LogP contribution >= 0.6 is 22.6 Å². The molecule has 0 aliphatic rings. The molecule has 88 valence electrons. The van der Waals surface area contributed by atoms with E-state index in [1.165, 1.54) is 0 Å². The van der Waals surface area contributed by atoms with E-state index in [0.29, 0.717) is 11.6 Å². The molecule has 0 atom stereocenters. The number of benzene rings is 1. The fraction of sp³-hybridized carbons (Fsp3) is 0. The fourth-order valence-corrected chi connectivity index (χ4v) is 2.18. The van der Waals surface area contributed by atoms with E-state index in [-0.39, 0.29) is 0 Å². The average Bonchev–Trinajstić information content (AvgIpc) is 2.89. The second-order valence-corrected chi connectivity index (χ2v) is 4.98. The molecule has 1 N–H and O–H groups in total. The third kappa shape index (κ3) is 2.26. The van der Waals surface area contributed by atoms with Crippen molar-refractivity contribution in [3.8, 4) is 22.9 Å². The van der Waals surface area contributed by atoms with Crippen molar-refractivity contribution in [3.63, 3.8) is 0 Å². The zero-order chi connectivity index (χ0) is 12.4. The highest BCUT2D eigenvalue weighted by Crippen LogP contribution is 2.20. The Morgan fingerprint density at radius 3 is 2.78 bits per heavy atom. The lowest BCUT2D eigenvalue weighted by Gasteiger charge is -1.95. The van der Waals surface area contributed by atoms with E-state index in [4.69, 9.17) is 0 Å². The SMILES string of the molecule is Ic1cccc(-c2n[nH]c(-c3ccccn3)n2)c1. The number of hydrogen-bond donors (Lipinski definition) is 1. The maximum absolute atomic E-state index is 4.46. The first-order valence-electron chi connectivity index (χ1n) is 5.43. The second-order valence-electron chi connectivity index (χ2n) is 3.73. The van der Waals surface area contributed by atoms with Gasteiger partial charge in [0.15, 0.2) is 11.6 Å². The first-order valence-corrected chi connectivity index (χ1v) is 6.50. The largest absolute Gasteiger partial charge is 0.257 e. The van der Waals surface area contributed by atoms with E-state index < -0.39 is 0 Å². The van der Waals surface area contributed by atoms with Gasteiger partial charge in [-0.25, -0.2) is 4.98 Å². The molecule has 1 aromatic carbocycles. The van der Waals surface area contributed by atoms with E-state index in [2.05, 4.69) is 42.8 Å². The van der Waals surface area contributed by atoms with Crippen LogP contribution in [0.25, 0.3) is 22.9 Å². The van der Waals surface area contributed by atoms with E-state index in [9.17, 15) is 0 Å². The Kier molecular flexibility index (Phi) is 3.06. The Morgan fingerprint density at radius 2 is 2.00 bits per heavy atom. The van der Waals surface area contributed by atoms with Gasteiger partial charge in [0.25, 0.3) is 0 Å². The van der Waals surface area contributed by atoms with Gasteiger partial charge in [0.2, 0.25) is 0 Å². The predicted octanol–water partition coefficient (Wildman–Crippen LogP) is 3.14. The Hall–Kier alpha value is -1.76. The molecule has 0 aliphatic heterocycles. The predicted molar refractivity (Wildman–Crippen MR) is 77.8 cm³/mol. The molecule has 0 bridgehead atoms. The average molecular weight is 348 g/mol. The molecule has 0 aliphatic carbocycles. The van der Waals surface area contributed by atoms with E-state index in [1.54, 1.807) is 6.20 Å². The van der Waals surface area contributed by atoms with Gasteiger partial charge in [-0.3, -0.25) is 10.1 Å². The van der Waals surface area contributed by atoms with Crippen molar-refractivity contribution in [2.24, 2.45) is 0 Å². The minimum absolute atomic E-state index is 0.685. The van der Waals surface area contributed by atoms with Crippen molar-refractivity contribution < 1.29 is 0 Å². The highest BCUT2D eigenvalue weighted by Gasteiger charge is 2.08. The van der Waals surface area contributed by atoms with E-state index in [1.807, 2.05) is 42.5 Å². The molecule has 0 radical (unpaired) electrons. The lowest BCUT2D eigenvalue weighted by Crippen LogP contribution is -1.84. The van der Waals surface area contributed by atoms with Gasteiger partial charge in [-0.2, -0.15) is 5.10 Å². The molecule has 3 aromatic rings. The summed E-state index contributed by atoms with van der Waals surface area (Å²) in [6.07, 6.45) is 1.74. The molecule has 0 fully saturated rings. The summed E-state index contributed by atoms with van der Waals surface area (Å²) in [7, 11) is 0. The molecule has 18 heavy (non-hydrogen) atoms. The first kappa shape index (κ1) is 11.3. The van der Waals surface area contributed by atoms with Gasteiger partial charge in [-0.1, -0.05) is 18.2 Å². The molecule has 0 saturated heterocycles. The first-order chi connectivity index (χ1) is 8.83. The topological polar surface area (TPSA) is 54.5 Å². The number of rotatable bonds is 2. The van der Waals surface area contributed by atoms with Crippen molar-refractivity contribution in [1.29, 1.82) is 0 Å².